The zero-order valence-electron chi connectivity index (χ0n) is 16.8. The molecule has 0 radical (unpaired) electrons. The molecule has 8 heteroatoms. The van der Waals surface area contributed by atoms with Crippen LogP contribution in [0.25, 0.3) is 10.8 Å². The van der Waals surface area contributed by atoms with Crippen LogP contribution in [0.2, 0.25) is 0 Å². The summed E-state index contributed by atoms with van der Waals surface area (Å²) < 4.78 is 5.81. The monoisotopic (exact) mass is 413 g/mol. The minimum absolute atomic E-state index is 0.0784. The molecule has 1 amide bonds. The van der Waals surface area contributed by atoms with E-state index in [4.69, 9.17) is 4.42 Å². The van der Waals surface area contributed by atoms with Crippen LogP contribution >= 0.6 is 11.3 Å². The summed E-state index contributed by atoms with van der Waals surface area (Å²) in [5.41, 5.74) is 3.24. The normalized spacial score (nSPS) is 19.2. The molecule has 2 aromatic heterocycles. The van der Waals surface area contributed by atoms with Crippen molar-refractivity contribution in [3.8, 4) is 10.8 Å². The van der Waals surface area contributed by atoms with Crippen molar-refractivity contribution in [2.45, 2.75) is 20.4 Å². The Kier molecular flexibility index (Phi) is 6.03. The first kappa shape index (κ1) is 19.8. The van der Waals surface area contributed by atoms with Crippen molar-refractivity contribution in [3.63, 3.8) is 0 Å². The molecule has 0 saturated carbocycles. The van der Waals surface area contributed by atoms with Gasteiger partial charge in [0.15, 0.2) is 13.1 Å². The third-order valence-corrected chi connectivity index (χ3v) is 6.41. The lowest BCUT2D eigenvalue weighted by molar-refractivity contribution is -1.02. The predicted octanol–water partition coefficient (Wildman–Crippen LogP) is 0.337. The van der Waals surface area contributed by atoms with Crippen molar-refractivity contribution >= 4 is 22.9 Å². The number of hydrogen-bond donors (Lipinski definition) is 3. The van der Waals surface area contributed by atoms with E-state index in [9.17, 15) is 4.79 Å². The Bertz CT molecular complexity index is 961. The largest absolute Gasteiger partial charge is 0.414 e. The second-order valence-electron chi connectivity index (χ2n) is 7.63. The molecule has 1 aliphatic rings. The molecule has 1 saturated heterocycles. The molecule has 7 nitrogen and oxygen atoms in total. The van der Waals surface area contributed by atoms with Gasteiger partial charge >= 0.3 is 0 Å². The summed E-state index contributed by atoms with van der Waals surface area (Å²) in [6.07, 6.45) is 0. The zero-order valence-corrected chi connectivity index (χ0v) is 17.6. The number of carbonyl (C=O) groups excluding carboxylic acids is 1. The highest BCUT2D eigenvalue weighted by atomic mass is 32.1. The molecule has 0 bridgehead atoms. The average molecular weight is 414 g/mol. The molecular formula is C21H27N5O2S+2. The van der Waals surface area contributed by atoms with E-state index >= 15 is 0 Å². The van der Waals surface area contributed by atoms with Crippen molar-refractivity contribution in [2.24, 2.45) is 0 Å². The number of aromatic nitrogens is 2. The van der Waals surface area contributed by atoms with Crippen molar-refractivity contribution in [1.29, 1.82) is 0 Å². The number of piperazine rings is 1. The summed E-state index contributed by atoms with van der Waals surface area (Å²) >= 11 is 1.60. The fourth-order valence-corrected chi connectivity index (χ4v) is 4.30. The van der Waals surface area contributed by atoms with Crippen molar-refractivity contribution in [2.75, 3.05) is 38.0 Å². The Balaban J connectivity index is 1.24. The van der Waals surface area contributed by atoms with E-state index in [1.165, 1.54) is 15.4 Å². The van der Waals surface area contributed by atoms with E-state index in [1.54, 1.807) is 11.3 Å². The van der Waals surface area contributed by atoms with Gasteiger partial charge < -0.3 is 19.5 Å². The molecule has 4 rings (SSSR count). The molecular weight excluding hydrogens is 386 g/mol. The van der Waals surface area contributed by atoms with E-state index in [1.807, 2.05) is 36.6 Å². The van der Waals surface area contributed by atoms with Gasteiger partial charge in [0, 0.05) is 5.69 Å². The molecule has 1 aliphatic heterocycles. The van der Waals surface area contributed by atoms with E-state index in [0.29, 0.717) is 18.3 Å². The summed E-state index contributed by atoms with van der Waals surface area (Å²) in [6.45, 7) is 9.24. The van der Waals surface area contributed by atoms with Crippen LogP contribution in [0.1, 0.15) is 17.0 Å². The number of hydrogen-bond acceptors (Lipinski definition) is 5. The maximum atomic E-state index is 12.5. The van der Waals surface area contributed by atoms with Gasteiger partial charge in [0.1, 0.15) is 26.2 Å². The van der Waals surface area contributed by atoms with Crippen LogP contribution in [-0.4, -0.2) is 48.8 Å². The fraction of sp³-hybridized carbons (Fsp3) is 0.381. The van der Waals surface area contributed by atoms with Crippen LogP contribution in [0, 0.1) is 13.8 Å². The molecule has 1 aromatic carbocycles. The smallest absolute Gasteiger partial charge is 0.279 e. The van der Waals surface area contributed by atoms with Gasteiger partial charge in [-0.3, -0.25) is 4.79 Å². The first-order valence-electron chi connectivity index (χ1n) is 9.98. The number of quaternary nitrogens is 2. The third-order valence-electron chi connectivity index (χ3n) is 5.55. The molecule has 0 unspecified atom stereocenters. The number of carbonyl (C=O) groups is 1. The summed E-state index contributed by atoms with van der Waals surface area (Å²) in [7, 11) is 0. The van der Waals surface area contributed by atoms with Crippen molar-refractivity contribution < 1.29 is 19.0 Å². The van der Waals surface area contributed by atoms with Crippen molar-refractivity contribution in [1.82, 2.24) is 10.2 Å². The van der Waals surface area contributed by atoms with Gasteiger partial charge in [0.25, 0.3) is 17.7 Å². The molecule has 3 N–H and O–H groups in total. The highest BCUT2D eigenvalue weighted by molar-refractivity contribution is 7.13. The Hall–Kier alpha value is -2.55. The summed E-state index contributed by atoms with van der Waals surface area (Å²) in [6, 6.07) is 9.97. The van der Waals surface area contributed by atoms with E-state index < -0.39 is 0 Å². The first-order valence-corrected chi connectivity index (χ1v) is 10.9. The predicted molar refractivity (Wildman–Crippen MR) is 112 cm³/mol. The van der Waals surface area contributed by atoms with Gasteiger partial charge in [0.2, 0.25) is 0 Å². The molecule has 3 heterocycles. The van der Waals surface area contributed by atoms with Gasteiger partial charge in [-0.1, -0.05) is 18.2 Å². The molecule has 0 atom stereocenters. The highest BCUT2D eigenvalue weighted by Crippen LogP contribution is 2.22. The third kappa shape index (κ3) is 4.90. The molecule has 152 valence electrons. The number of rotatable bonds is 6. The van der Waals surface area contributed by atoms with E-state index in [2.05, 4.69) is 28.5 Å². The van der Waals surface area contributed by atoms with Crippen LogP contribution < -0.4 is 15.1 Å². The number of benzene rings is 1. The van der Waals surface area contributed by atoms with Gasteiger partial charge in [-0.15, -0.1) is 21.5 Å². The molecule has 0 spiro atoms. The highest BCUT2D eigenvalue weighted by Gasteiger charge is 2.26. The topological polar surface area (TPSA) is 76.9 Å². The van der Waals surface area contributed by atoms with Gasteiger partial charge in [-0.05, 0) is 42.5 Å². The Morgan fingerprint density at radius 3 is 2.66 bits per heavy atom. The quantitative estimate of drug-likeness (QED) is 0.545. The second-order valence-corrected chi connectivity index (χ2v) is 8.58. The lowest BCUT2D eigenvalue weighted by Crippen LogP contribution is -3.28. The van der Waals surface area contributed by atoms with Crippen LogP contribution in [-0.2, 0) is 11.3 Å². The number of amides is 1. The summed E-state index contributed by atoms with van der Waals surface area (Å²) in [5.74, 6) is 1.36. The second kappa shape index (κ2) is 8.86. The number of thiophene rings is 1. The zero-order chi connectivity index (χ0) is 20.2. The number of nitrogens with one attached hydrogen (secondary N) is 3. The van der Waals surface area contributed by atoms with Crippen LogP contribution in [0.3, 0.4) is 0 Å². The Morgan fingerprint density at radius 1 is 1.10 bits per heavy atom. The standard InChI is InChI=1S/C21H25N5O2S/c1-15-5-3-6-17(16(15)2)22-19(27)13-25-8-10-26(11-9-25)14-20-23-24-21(28-20)18-7-4-12-29-18/h3-7,12H,8-11,13-14H2,1-2H3,(H,22,27)/p+2. The van der Waals surface area contributed by atoms with E-state index in [-0.39, 0.29) is 5.91 Å². The lowest BCUT2D eigenvalue weighted by Gasteiger charge is -2.28. The minimum atomic E-state index is 0.0784. The summed E-state index contributed by atoms with van der Waals surface area (Å²) in [5, 5.41) is 13.4. The molecule has 1 fully saturated rings. The molecule has 0 aliphatic carbocycles. The molecule has 3 aromatic rings. The number of anilines is 1. The van der Waals surface area contributed by atoms with Crippen LogP contribution in [0.4, 0.5) is 5.69 Å². The lowest BCUT2D eigenvalue weighted by atomic mass is 10.1. The number of nitrogens with zero attached hydrogens (tertiary/aromatic N) is 2. The molecule has 29 heavy (non-hydrogen) atoms. The number of aryl methyl sites for hydroxylation is 1. The maximum Gasteiger partial charge on any atom is 0.279 e. The fourth-order valence-electron chi connectivity index (χ4n) is 3.66. The minimum Gasteiger partial charge on any atom is -0.414 e. The van der Waals surface area contributed by atoms with Gasteiger partial charge in [-0.25, -0.2) is 0 Å². The SMILES string of the molecule is Cc1cccc(NC(=O)C[NH+]2CC[NH+](Cc3nnc(-c4cccs4)o3)CC2)c1C. The van der Waals surface area contributed by atoms with E-state index in [0.717, 1.165) is 48.9 Å². The first-order chi connectivity index (χ1) is 14.1. The van der Waals surface area contributed by atoms with Crippen LogP contribution in [0.15, 0.2) is 40.1 Å². The van der Waals surface area contributed by atoms with Crippen LogP contribution in [0.5, 0.6) is 0 Å². The summed E-state index contributed by atoms with van der Waals surface area (Å²) in [4.78, 5) is 16.2. The Labute approximate surface area is 174 Å². The van der Waals surface area contributed by atoms with Crippen molar-refractivity contribution in [3.05, 3.63) is 52.7 Å². The maximum absolute atomic E-state index is 12.5. The Morgan fingerprint density at radius 2 is 1.90 bits per heavy atom. The van der Waals surface area contributed by atoms with Gasteiger partial charge in [0.05, 0.1) is 4.88 Å². The van der Waals surface area contributed by atoms with Gasteiger partial charge in [-0.2, -0.15) is 0 Å². The average Bonchev–Trinajstić information content (AvgIpc) is 3.39.